The number of piperidine rings is 1. The lowest BCUT2D eigenvalue weighted by Gasteiger charge is -2.35. The fourth-order valence-electron chi connectivity index (χ4n) is 2.35. The molecule has 0 bridgehead atoms. The number of hydrogen-bond acceptors (Lipinski definition) is 5. The van der Waals surface area contributed by atoms with Crippen LogP contribution in [0.4, 0.5) is 0 Å². The monoisotopic (exact) mass is 347 g/mol. The molecule has 1 saturated heterocycles. The van der Waals surface area contributed by atoms with Crippen molar-refractivity contribution < 1.29 is 13.2 Å². The minimum Gasteiger partial charge on any atom is -0.389 e. The van der Waals surface area contributed by atoms with Crippen molar-refractivity contribution in [3.05, 3.63) is 17.0 Å². The van der Waals surface area contributed by atoms with Crippen LogP contribution >= 0.6 is 23.6 Å². The van der Waals surface area contributed by atoms with Crippen molar-refractivity contribution in [3.8, 4) is 0 Å². The molecule has 1 fully saturated rings. The Kier molecular flexibility index (Phi) is 4.66. The van der Waals surface area contributed by atoms with Crippen LogP contribution in [-0.4, -0.2) is 36.2 Å². The summed E-state index contributed by atoms with van der Waals surface area (Å²) in [7, 11) is -3.66. The van der Waals surface area contributed by atoms with Gasteiger partial charge in [0.2, 0.25) is 5.91 Å². The van der Waals surface area contributed by atoms with Gasteiger partial charge in [0.05, 0.1) is 10.8 Å². The Morgan fingerprint density at radius 3 is 2.57 bits per heavy atom. The van der Waals surface area contributed by atoms with Crippen LogP contribution in [0.3, 0.4) is 0 Å². The number of amides is 1. The average Bonchev–Trinajstić information content (AvgIpc) is 2.89. The summed E-state index contributed by atoms with van der Waals surface area (Å²) >= 11 is 5.89. The Hall–Kier alpha value is -1.03. The summed E-state index contributed by atoms with van der Waals surface area (Å²) in [6.07, 6.45) is 1.23. The van der Waals surface area contributed by atoms with Gasteiger partial charge in [-0.15, -0.1) is 11.3 Å². The van der Waals surface area contributed by atoms with Gasteiger partial charge in [-0.2, -0.15) is 4.31 Å². The van der Waals surface area contributed by atoms with E-state index in [1.165, 1.54) is 10.4 Å². The predicted octanol–water partition coefficient (Wildman–Crippen LogP) is 0.657. The molecule has 0 spiro atoms. The summed E-state index contributed by atoms with van der Waals surface area (Å²) in [6.45, 7) is 1.95. The van der Waals surface area contributed by atoms with Gasteiger partial charge < -0.3 is 11.5 Å². The third-order valence-corrected chi connectivity index (χ3v) is 7.53. The molecule has 1 aromatic heterocycles. The lowest BCUT2D eigenvalue weighted by molar-refractivity contribution is -0.123. The average molecular weight is 347 g/mol. The van der Waals surface area contributed by atoms with Crippen LogP contribution in [0.25, 0.3) is 0 Å². The van der Waals surface area contributed by atoms with E-state index in [-0.39, 0.29) is 21.8 Å². The van der Waals surface area contributed by atoms with Crippen LogP contribution < -0.4 is 11.5 Å². The molecular weight excluding hydrogens is 330 g/mol. The molecule has 6 nitrogen and oxygen atoms in total. The quantitative estimate of drug-likeness (QED) is 0.778. The molecule has 21 heavy (non-hydrogen) atoms. The molecule has 0 saturated carbocycles. The zero-order valence-electron chi connectivity index (χ0n) is 11.5. The topological polar surface area (TPSA) is 106 Å². The fourth-order valence-corrected chi connectivity index (χ4v) is 5.54. The SMILES string of the molecule is CC1CCC(C(N)=O)CN1S(=O)(=O)c1ccc(C(N)=S)s1. The first kappa shape index (κ1) is 16.3. The third-order valence-electron chi connectivity index (χ3n) is 3.61. The van der Waals surface area contributed by atoms with Crippen LogP contribution in [-0.2, 0) is 14.8 Å². The van der Waals surface area contributed by atoms with Crippen molar-refractivity contribution >= 4 is 44.5 Å². The Balaban J connectivity index is 2.32. The first-order chi connectivity index (χ1) is 9.73. The molecule has 2 atom stereocenters. The summed E-state index contributed by atoms with van der Waals surface area (Å²) in [5, 5.41) is 0. The summed E-state index contributed by atoms with van der Waals surface area (Å²) in [5.41, 5.74) is 10.8. The number of carbonyl (C=O) groups is 1. The van der Waals surface area contributed by atoms with E-state index in [0.29, 0.717) is 17.7 Å². The van der Waals surface area contributed by atoms with Crippen LogP contribution in [0.5, 0.6) is 0 Å². The number of primary amides is 1. The number of rotatable bonds is 4. The zero-order valence-corrected chi connectivity index (χ0v) is 13.9. The highest BCUT2D eigenvalue weighted by Gasteiger charge is 2.37. The normalized spacial score (nSPS) is 23.9. The number of thiocarbonyl (C=S) groups is 1. The van der Waals surface area contributed by atoms with E-state index in [1.54, 1.807) is 6.07 Å². The maximum Gasteiger partial charge on any atom is 0.252 e. The van der Waals surface area contributed by atoms with Crippen molar-refractivity contribution in [1.29, 1.82) is 0 Å². The lowest BCUT2D eigenvalue weighted by Crippen LogP contribution is -2.48. The number of nitrogens with zero attached hydrogens (tertiary/aromatic N) is 1. The van der Waals surface area contributed by atoms with Gasteiger partial charge >= 0.3 is 0 Å². The van der Waals surface area contributed by atoms with Gasteiger partial charge in [0.25, 0.3) is 10.0 Å². The second-order valence-electron chi connectivity index (χ2n) is 5.08. The number of sulfonamides is 1. The summed E-state index contributed by atoms with van der Waals surface area (Å²) in [4.78, 5) is 12.1. The van der Waals surface area contributed by atoms with E-state index < -0.39 is 21.8 Å². The molecule has 0 radical (unpaired) electrons. The molecule has 4 N–H and O–H groups in total. The van der Waals surface area contributed by atoms with Gasteiger partial charge in [-0.1, -0.05) is 12.2 Å². The van der Waals surface area contributed by atoms with Crippen molar-refractivity contribution in [2.45, 2.75) is 30.0 Å². The van der Waals surface area contributed by atoms with E-state index in [2.05, 4.69) is 0 Å². The fraction of sp³-hybridized carbons (Fsp3) is 0.500. The molecule has 9 heteroatoms. The lowest BCUT2D eigenvalue weighted by atomic mass is 9.95. The number of nitrogens with two attached hydrogens (primary N) is 2. The molecule has 116 valence electrons. The van der Waals surface area contributed by atoms with Gasteiger partial charge in [-0.05, 0) is 31.9 Å². The molecule has 1 aliphatic rings. The summed E-state index contributed by atoms with van der Waals surface area (Å²) in [6, 6.07) is 2.93. The van der Waals surface area contributed by atoms with Gasteiger partial charge in [0.1, 0.15) is 9.20 Å². The summed E-state index contributed by atoms with van der Waals surface area (Å²) < 4.78 is 26.9. The highest BCUT2D eigenvalue weighted by atomic mass is 32.2. The highest BCUT2D eigenvalue weighted by Crippen LogP contribution is 2.31. The Morgan fingerprint density at radius 2 is 2.05 bits per heavy atom. The molecule has 1 amide bonds. The summed E-state index contributed by atoms with van der Waals surface area (Å²) in [5.74, 6) is -0.900. The maximum atomic E-state index is 12.7. The van der Waals surface area contributed by atoms with E-state index in [4.69, 9.17) is 23.7 Å². The largest absolute Gasteiger partial charge is 0.389 e. The Bertz CT molecular complexity index is 668. The maximum absolute atomic E-state index is 12.7. The minimum absolute atomic E-state index is 0.124. The molecule has 1 aromatic rings. The highest BCUT2D eigenvalue weighted by molar-refractivity contribution is 7.91. The van der Waals surface area contributed by atoms with Crippen molar-refractivity contribution in [1.82, 2.24) is 4.31 Å². The second-order valence-corrected chi connectivity index (χ2v) is 8.72. The number of carbonyl (C=O) groups excluding carboxylic acids is 1. The van der Waals surface area contributed by atoms with E-state index in [9.17, 15) is 13.2 Å². The van der Waals surface area contributed by atoms with E-state index in [0.717, 1.165) is 11.3 Å². The third kappa shape index (κ3) is 3.25. The van der Waals surface area contributed by atoms with Crippen molar-refractivity contribution in [2.24, 2.45) is 17.4 Å². The van der Waals surface area contributed by atoms with Gasteiger partial charge in [0.15, 0.2) is 0 Å². The van der Waals surface area contributed by atoms with Crippen LogP contribution in [0, 0.1) is 5.92 Å². The van der Waals surface area contributed by atoms with E-state index in [1.807, 2.05) is 6.92 Å². The van der Waals surface area contributed by atoms with Crippen LogP contribution in [0.2, 0.25) is 0 Å². The number of thiophene rings is 1. The minimum atomic E-state index is -3.66. The molecule has 0 aromatic carbocycles. The second kappa shape index (κ2) is 5.99. The molecule has 1 aliphatic heterocycles. The zero-order chi connectivity index (χ0) is 15.8. The first-order valence-electron chi connectivity index (χ1n) is 6.44. The molecular formula is C12H17N3O3S3. The molecule has 0 aliphatic carbocycles. The first-order valence-corrected chi connectivity index (χ1v) is 9.10. The molecule has 2 unspecified atom stereocenters. The number of hydrogen-bond donors (Lipinski definition) is 2. The molecule has 2 heterocycles. The molecule has 2 rings (SSSR count). The van der Waals surface area contributed by atoms with Crippen molar-refractivity contribution in [2.75, 3.05) is 6.54 Å². The standard InChI is InChI=1S/C12H17N3O3S3/c1-7-2-3-8(11(13)16)6-15(7)21(17,18)10-5-4-9(20-10)12(14)19/h4-5,7-8H,2-3,6H2,1H3,(H2,13,16)(H2,14,19). The Morgan fingerprint density at radius 1 is 1.38 bits per heavy atom. The van der Waals surface area contributed by atoms with Crippen LogP contribution in [0.15, 0.2) is 16.3 Å². The predicted molar refractivity (Wildman–Crippen MR) is 85.5 cm³/mol. The Labute approximate surface area is 133 Å². The van der Waals surface area contributed by atoms with Gasteiger partial charge in [-0.25, -0.2) is 8.42 Å². The van der Waals surface area contributed by atoms with Gasteiger partial charge in [-0.3, -0.25) is 4.79 Å². The van der Waals surface area contributed by atoms with Gasteiger partial charge in [0, 0.05) is 12.6 Å². The van der Waals surface area contributed by atoms with Crippen LogP contribution in [0.1, 0.15) is 24.6 Å². The smallest absolute Gasteiger partial charge is 0.252 e. The van der Waals surface area contributed by atoms with Crippen molar-refractivity contribution in [3.63, 3.8) is 0 Å². The van der Waals surface area contributed by atoms with E-state index >= 15 is 0 Å².